The zero-order chi connectivity index (χ0) is 18.5. The van der Waals surface area contributed by atoms with Gasteiger partial charge in [-0.2, -0.15) is 4.98 Å². The Balaban J connectivity index is 1.62. The molecule has 1 atom stereocenters. The van der Waals surface area contributed by atoms with E-state index in [0.717, 1.165) is 44.6 Å². The third kappa shape index (κ3) is 5.25. The second-order valence-corrected chi connectivity index (χ2v) is 8.35. The van der Waals surface area contributed by atoms with Crippen molar-refractivity contribution in [3.8, 4) is 0 Å². The molecule has 0 aromatic carbocycles. The highest BCUT2D eigenvalue weighted by Gasteiger charge is 2.23. The van der Waals surface area contributed by atoms with Gasteiger partial charge < -0.3 is 10.3 Å². The van der Waals surface area contributed by atoms with E-state index in [-0.39, 0.29) is 17.6 Å². The largest absolute Gasteiger partial charge is 0.347 e. The Kier molecular flexibility index (Phi) is 6.21. The van der Waals surface area contributed by atoms with Gasteiger partial charge in [-0.1, -0.05) is 19.9 Å². The molecule has 1 amide bonds. The Hall–Kier alpha value is -1.99. The molecule has 1 unspecified atom stereocenters. The molecule has 26 heavy (non-hydrogen) atoms. The lowest BCUT2D eigenvalue weighted by atomic mass is 10.0. The van der Waals surface area contributed by atoms with E-state index in [1.54, 1.807) is 17.4 Å². The van der Waals surface area contributed by atoms with E-state index in [1.807, 2.05) is 0 Å². The molecule has 0 radical (unpaired) electrons. The summed E-state index contributed by atoms with van der Waals surface area (Å²) in [4.78, 5) is 34.6. The zero-order valence-electron chi connectivity index (χ0n) is 15.3. The number of rotatable bonds is 6. The molecule has 1 saturated heterocycles. The van der Waals surface area contributed by atoms with Crippen molar-refractivity contribution in [2.75, 3.05) is 13.1 Å². The number of piperidine rings is 1. The Morgan fingerprint density at radius 3 is 3.08 bits per heavy atom. The van der Waals surface area contributed by atoms with Crippen LogP contribution in [-0.2, 0) is 13.0 Å². The molecule has 2 aromatic heterocycles. The lowest BCUT2D eigenvalue weighted by Crippen LogP contribution is -2.47. The van der Waals surface area contributed by atoms with E-state index < -0.39 is 5.69 Å². The molecule has 7 heteroatoms. The average molecular weight is 375 g/mol. The number of nitrogens with zero attached hydrogens (tertiary/aromatic N) is 2. The van der Waals surface area contributed by atoms with Gasteiger partial charge in [-0.3, -0.25) is 9.69 Å². The Morgan fingerprint density at radius 2 is 2.35 bits per heavy atom. The third-order valence-corrected chi connectivity index (χ3v) is 5.32. The summed E-state index contributed by atoms with van der Waals surface area (Å²) in [6, 6.07) is 5.99. The maximum absolute atomic E-state index is 12.6. The van der Waals surface area contributed by atoms with Crippen LogP contribution in [-0.4, -0.2) is 39.9 Å². The van der Waals surface area contributed by atoms with Crippen molar-refractivity contribution in [3.63, 3.8) is 0 Å². The van der Waals surface area contributed by atoms with Crippen LogP contribution >= 0.6 is 11.3 Å². The summed E-state index contributed by atoms with van der Waals surface area (Å²) in [5.74, 6) is 0.136. The number of H-pyrrole nitrogens is 1. The first-order chi connectivity index (χ1) is 12.5. The molecule has 3 rings (SSSR count). The van der Waals surface area contributed by atoms with Crippen LogP contribution in [0.15, 0.2) is 28.4 Å². The van der Waals surface area contributed by atoms with Gasteiger partial charge in [-0.15, -0.1) is 11.3 Å². The average Bonchev–Trinajstić information content (AvgIpc) is 3.07. The van der Waals surface area contributed by atoms with Crippen LogP contribution in [0.3, 0.4) is 0 Å². The molecule has 0 saturated carbocycles. The van der Waals surface area contributed by atoms with Crippen LogP contribution in [0.1, 0.15) is 47.7 Å². The molecule has 1 aliphatic heterocycles. The highest BCUT2D eigenvalue weighted by molar-refractivity contribution is 7.09. The van der Waals surface area contributed by atoms with Crippen LogP contribution in [0.2, 0.25) is 0 Å². The van der Waals surface area contributed by atoms with Gasteiger partial charge >= 0.3 is 5.69 Å². The Morgan fingerprint density at radius 1 is 1.50 bits per heavy atom. The Bertz CT molecular complexity index is 785. The number of nitrogens with one attached hydrogen (secondary N) is 2. The minimum absolute atomic E-state index is 0.0887. The first kappa shape index (κ1) is 18.8. The minimum atomic E-state index is -0.462. The van der Waals surface area contributed by atoms with Gasteiger partial charge in [0.05, 0.1) is 0 Å². The topological polar surface area (TPSA) is 78.1 Å². The van der Waals surface area contributed by atoms with Crippen molar-refractivity contribution in [2.24, 2.45) is 5.92 Å². The van der Waals surface area contributed by atoms with Crippen molar-refractivity contribution in [1.82, 2.24) is 20.2 Å². The molecule has 0 aliphatic carbocycles. The first-order valence-corrected chi connectivity index (χ1v) is 10.0. The molecule has 3 heterocycles. The molecular weight excluding hydrogens is 348 g/mol. The molecule has 2 N–H and O–H groups in total. The first-order valence-electron chi connectivity index (χ1n) is 9.15. The maximum atomic E-state index is 12.6. The number of thiophene rings is 1. The van der Waals surface area contributed by atoms with E-state index in [4.69, 9.17) is 0 Å². The molecular formula is C19H26N4O2S. The molecule has 1 aliphatic rings. The molecule has 0 spiro atoms. The number of hydrogen-bond acceptors (Lipinski definition) is 5. The number of amides is 1. The summed E-state index contributed by atoms with van der Waals surface area (Å²) >= 11 is 1.76. The van der Waals surface area contributed by atoms with Crippen molar-refractivity contribution in [1.29, 1.82) is 0 Å². The van der Waals surface area contributed by atoms with E-state index >= 15 is 0 Å². The predicted molar refractivity (Wildman–Crippen MR) is 103 cm³/mol. The zero-order valence-corrected chi connectivity index (χ0v) is 16.1. The number of carbonyl (C=O) groups excluding carboxylic acids is 1. The van der Waals surface area contributed by atoms with Crippen molar-refractivity contribution < 1.29 is 4.79 Å². The minimum Gasteiger partial charge on any atom is -0.347 e. The lowest BCUT2D eigenvalue weighted by molar-refractivity contribution is 0.0895. The van der Waals surface area contributed by atoms with E-state index in [2.05, 4.69) is 51.5 Å². The van der Waals surface area contributed by atoms with Crippen LogP contribution in [0.5, 0.6) is 0 Å². The highest BCUT2D eigenvalue weighted by atomic mass is 32.1. The fourth-order valence-corrected chi connectivity index (χ4v) is 4.12. The molecule has 6 nitrogen and oxygen atoms in total. The summed E-state index contributed by atoms with van der Waals surface area (Å²) in [5.41, 5.74) is 0.504. The molecule has 140 valence electrons. The van der Waals surface area contributed by atoms with E-state index in [9.17, 15) is 9.59 Å². The van der Waals surface area contributed by atoms with Gasteiger partial charge in [0.25, 0.3) is 5.91 Å². The molecule has 2 aromatic rings. The summed E-state index contributed by atoms with van der Waals surface area (Å²) in [6.07, 6.45) is 2.72. The molecule has 1 fully saturated rings. The van der Waals surface area contributed by atoms with Crippen molar-refractivity contribution >= 4 is 17.2 Å². The van der Waals surface area contributed by atoms with Crippen LogP contribution in [0.25, 0.3) is 0 Å². The van der Waals surface area contributed by atoms with E-state index in [0.29, 0.717) is 5.92 Å². The third-order valence-electron chi connectivity index (χ3n) is 4.46. The standard InChI is InChI=1S/C19H26N4O2S/c1-13(2)9-15-10-17(22-19(25)21-15)18(24)20-14-5-3-7-23(11-14)12-16-6-4-8-26-16/h4,6,8,10,13-14H,3,5,7,9,11-12H2,1-2H3,(H,20,24)(H,21,22,25). The number of aromatic nitrogens is 2. The summed E-state index contributed by atoms with van der Waals surface area (Å²) in [7, 11) is 0. The molecule has 0 bridgehead atoms. The number of carbonyl (C=O) groups is 1. The lowest BCUT2D eigenvalue weighted by Gasteiger charge is -2.32. The quantitative estimate of drug-likeness (QED) is 0.814. The smallest absolute Gasteiger partial charge is 0.345 e. The normalized spacial score (nSPS) is 18.2. The van der Waals surface area contributed by atoms with Gasteiger partial charge in [0.1, 0.15) is 5.69 Å². The van der Waals surface area contributed by atoms with Gasteiger partial charge in [-0.05, 0) is 49.2 Å². The van der Waals surface area contributed by atoms with Gasteiger partial charge in [0.15, 0.2) is 0 Å². The van der Waals surface area contributed by atoms with Crippen molar-refractivity contribution in [2.45, 2.75) is 45.7 Å². The van der Waals surface area contributed by atoms with Crippen LogP contribution < -0.4 is 11.0 Å². The summed E-state index contributed by atoms with van der Waals surface area (Å²) < 4.78 is 0. The van der Waals surface area contributed by atoms with Gasteiger partial charge in [0, 0.05) is 29.7 Å². The second-order valence-electron chi connectivity index (χ2n) is 7.32. The second kappa shape index (κ2) is 8.60. The van der Waals surface area contributed by atoms with Crippen molar-refractivity contribution in [3.05, 3.63) is 50.3 Å². The Labute approximate surface area is 157 Å². The summed E-state index contributed by atoms with van der Waals surface area (Å²) in [6.45, 7) is 6.94. The van der Waals surface area contributed by atoms with Crippen LogP contribution in [0, 0.1) is 5.92 Å². The van der Waals surface area contributed by atoms with Gasteiger partial charge in [-0.25, -0.2) is 4.79 Å². The summed E-state index contributed by atoms with van der Waals surface area (Å²) in [5, 5.41) is 5.15. The van der Waals surface area contributed by atoms with Gasteiger partial charge in [0.2, 0.25) is 0 Å². The number of hydrogen-bond donors (Lipinski definition) is 2. The highest BCUT2D eigenvalue weighted by Crippen LogP contribution is 2.17. The fraction of sp³-hybridized carbons (Fsp3) is 0.526. The number of aromatic amines is 1. The maximum Gasteiger partial charge on any atom is 0.345 e. The number of likely N-dealkylation sites (tertiary alicyclic amines) is 1. The SMILES string of the molecule is CC(C)Cc1cc(C(=O)NC2CCCN(Cc3cccs3)C2)nc(=O)[nH]1. The van der Waals surface area contributed by atoms with Crippen LogP contribution in [0.4, 0.5) is 0 Å². The van der Waals surface area contributed by atoms with E-state index in [1.165, 1.54) is 4.88 Å². The predicted octanol–water partition coefficient (Wildman–Crippen LogP) is 2.42. The fourth-order valence-electron chi connectivity index (χ4n) is 3.37. The monoisotopic (exact) mass is 374 g/mol.